The largest absolute Gasteiger partial charge is 0.300 e. The Labute approximate surface area is 226 Å². The number of rotatable bonds is 11. The van der Waals surface area contributed by atoms with Crippen LogP contribution < -0.4 is 5.32 Å². The number of hydrogen-bond acceptors (Lipinski definition) is 10. The van der Waals surface area contributed by atoms with Crippen molar-refractivity contribution in [3.05, 3.63) is 81.3 Å². The van der Waals surface area contributed by atoms with E-state index >= 15 is 0 Å². The molecule has 1 N–H and O–H groups in total. The third-order valence-corrected chi connectivity index (χ3v) is 8.10. The van der Waals surface area contributed by atoms with Crippen molar-refractivity contribution in [2.24, 2.45) is 0 Å². The van der Waals surface area contributed by atoms with Crippen molar-refractivity contribution in [1.29, 1.82) is 0 Å². The van der Waals surface area contributed by atoms with Crippen LogP contribution in [0.4, 0.5) is 10.8 Å². The van der Waals surface area contributed by atoms with Gasteiger partial charge in [-0.1, -0.05) is 69.0 Å². The highest BCUT2D eigenvalue weighted by Crippen LogP contribution is 2.30. The summed E-state index contributed by atoms with van der Waals surface area (Å²) in [6, 6.07) is 14.1. The van der Waals surface area contributed by atoms with E-state index in [0.717, 1.165) is 20.1 Å². The van der Waals surface area contributed by atoms with Crippen molar-refractivity contribution in [3.63, 3.8) is 0 Å². The SMILES string of the molecule is C=CCn1c(SCC(=O)Nc2nnc(SCc3cccc(Br)c3)s2)nnc1-c1ccc([N+](=O)[O-])cc1. The highest BCUT2D eigenvalue weighted by molar-refractivity contribution is 9.10. The fourth-order valence-electron chi connectivity index (χ4n) is 3.01. The van der Waals surface area contributed by atoms with Crippen LogP contribution in [0.3, 0.4) is 0 Å². The summed E-state index contributed by atoms with van der Waals surface area (Å²) in [5.41, 5.74) is 1.82. The number of non-ortho nitro benzene ring substituents is 1. The third kappa shape index (κ3) is 6.78. The predicted octanol–water partition coefficient (Wildman–Crippen LogP) is 5.68. The lowest BCUT2D eigenvalue weighted by Crippen LogP contribution is -2.14. The molecule has 0 radical (unpaired) electrons. The smallest absolute Gasteiger partial charge is 0.269 e. The first kappa shape index (κ1) is 26.0. The highest BCUT2D eigenvalue weighted by Gasteiger charge is 2.17. The number of nitrogens with zero attached hydrogens (tertiary/aromatic N) is 6. The summed E-state index contributed by atoms with van der Waals surface area (Å²) in [6.45, 7) is 4.18. The number of carbonyl (C=O) groups is 1. The second-order valence-electron chi connectivity index (χ2n) is 7.14. The van der Waals surface area contributed by atoms with Crippen LogP contribution >= 0.6 is 50.8 Å². The number of nitrogens with one attached hydrogen (secondary N) is 1. The zero-order valence-electron chi connectivity index (χ0n) is 18.5. The van der Waals surface area contributed by atoms with Gasteiger partial charge >= 0.3 is 0 Å². The third-order valence-electron chi connectivity index (χ3n) is 4.60. The molecule has 36 heavy (non-hydrogen) atoms. The van der Waals surface area contributed by atoms with Gasteiger partial charge in [-0.05, 0) is 29.8 Å². The molecule has 0 aliphatic rings. The summed E-state index contributed by atoms with van der Waals surface area (Å²) in [5, 5.41) is 31.2. The Balaban J connectivity index is 1.34. The van der Waals surface area contributed by atoms with Crippen LogP contribution in [0.15, 0.2) is 75.2 Å². The second-order valence-corrected chi connectivity index (χ2v) is 11.2. The number of thioether (sulfide) groups is 2. The van der Waals surface area contributed by atoms with Gasteiger partial charge in [0.2, 0.25) is 11.0 Å². The Kier molecular flexibility index (Phi) is 8.85. The van der Waals surface area contributed by atoms with Gasteiger partial charge in [0.1, 0.15) is 0 Å². The molecule has 10 nitrogen and oxygen atoms in total. The van der Waals surface area contributed by atoms with E-state index in [-0.39, 0.29) is 17.3 Å². The lowest BCUT2D eigenvalue weighted by Gasteiger charge is -2.07. The van der Waals surface area contributed by atoms with Gasteiger partial charge in [0.25, 0.3) is 5.69 Å². The molecule has 0 unspecified atom stereocenters. The van der Waals surface area contributed by atoms with E-state index in [0.29, 0.717) is 28.2 Å². The highest BCUT2D eigenvalue weighted by atomic mass is 79.9. The summed E-state index contributed by atoms with van der Waals surface area (Å²) in [5.74, 6) is 1.12. The van der Waals surface area contributed by atoms with Crippen molar-refractivity contribution in [2.75, 3.05) is 11.1 Å². The number of halogens is 1. The van der Waals surface area contributed by atoms with Crippen LogP contribution in [-0.4, -0.2) is 41.5 Å². The number of amides is 1. The number of nitro groups is 1. The Hall–Kier alpha value is -3.07. The molecular weight excluding hydrogens is 586 g/mol. The normalized spacial score (nSPS) is 10.8. The van der Waals surface area contributed by atoms with Gasteiger partial charge in [0.05, 0.1) is 10.7 Å². The minimum Gasteiger partial charge on any atom is -0.300 e. The van der Waals surface area contributed by atoms with Crippen LogP contribution in [-0.2, 0) is 17.1 Å². The maximum absolute atomic E-state index is 12.5. The van der Waals surface area contributed by atoms with Gasteiger partial charge in [-0.15, -0.1) is 27.0 Å². The monoisotopic (exact) mass is 603 g/mol. The van der Waals surface area contributed by atoms with E-state index in [9.17, 15) is 14.9 Å². The van der Waals surface area contributed by atoms with Crippen molar-refractivity contribution in [1.82, 2.24) is 25.0 Å². The summed E-state index contributed by atoms with van der Waals surface area (Å²) in [4.78, 5) is 23.0. The molecule has 0 saturated carbocycles. The number of allylic oxidation sites excluding steroid dienone is 1. The molecule has 14 heteroatoms. The van der Waals surface area contributed by atoms with Crippen LogP contribution in [0.2, 0.25) is 0 Å². The molecule has 2 aromatic heterocycles. The molecule has 0 spiro atoms. The average molecular weight is 605 g/mol. The van der Waals surface area contributed by atoms with Crippen molar-refractivity contribution < 1.29 is 9.72 Å². The number of nitro benzene ring substituents is 1. The molecule has 0 bridgehead atoms. The Morgan fingerprint density at radius 2 is 1.97 bits per heavy atom. The fourth-order valence-corrected chi connectivity index (χ4v) is 5.92. The summed E-state index contributed by atoms with van der Waals surface area (Å²) in [6.07, 6.45) is 1.69. The molecule has 1 amide bonds. The van der Waals surface area contributed by atoms with Gasteiger partial charge in [-0.2, -0.15) is 0 Å². The number of benzene rings is 2. The maximum atomic E-state index is 12.5. The maximum Gasteiger partial charge on any atom is 0.269 e. The van der Waals surface area contributed by atoms with E-state index in [1.165, 1.54) is 35.2 Å². The second kappa shape index (κ2) is 12.3. The molecule has 184 valence electrons. The van der Waals surface area contributed by atoms with E-state index in [2.05, 4.69) is 48.2 Å². The van der Waals surface area contributed by atoms with Crippen molar-refractivity contribution in [2.45, 2.75) is 21.8 Å². The molecule has 2 heterocycles. The van der Waals surface area contributed by atoms with Gasteiger partial charge in [-0.25, -0.2) is 0 Å². The molecule has 0 aliphatic heterocycles. The summed E-state index contributed by atoms with van der Waals surface area (Å²) >= 11 is 7.55. The molecule has 0 fully saturated rings. The zero-order valence-corrected chi connectivity index (χ0v) is 22.6. The molecule has 4 aromatic rings. The van der Waals surface area contributed by atoms with E-state index < -0.39 is 4.92 Å². The van der Waals surface area contributed by atoms with Crippen molar-refractivity contribution >= 4 is 67.5 Å². The van der Waals surface area contributed by atoms with E-state index in [1.54, 1.807) is 34.5 Å². The first-order valence-electron chi connectivity index (χ1n) is 10.3. The van der Waals surface area contributed by atoms with Crippen LogP contribution in [0.5, 0.6) is 0 Å². The van der Waals surface area contributed by atoms with Crippen LogP contribution in [0.25, 0.3) is 11.4 Å². The molecule has 2 aromatic carbocycles. The molecule has 0 atom stereocenters. The molecule has 4 rings (SSSR count). The van der Waals surface area contributed by atoms with Crippen molar-refractivity contribution in [3.8, 4) is 11.4 Å². The van der Waals surface area contributed by atoms with Gasteiger partial charge in [-0.3, -0.25) is 24.8 Å². The Morgan fingerprint density at radius 1 is 1.17 bits per heavy atom. The topological polar surface area (TPSA) is 129 Å². The van der Waals surface area contributed by atoms with Gasteiger partial charge < -0.3 is 0 Å². The Bertz CT molecular complexity index is 1390. The molecule has 0 saturated heterocycles. The average Bonchev–Trinajstić information content (AvgIpc) is 3.48. The zero-order chi connectivity index (χ0) is 25.5. The first-order chi connectivity index (χ1) is 17.4. The lowest BCUT2D eigenvalue weighted by molar-refractivity contribution is -0.384. The molecular formula is C22H18BrN7O3S3. The standard InChI is InChI=1S/C22H18BrN7O3S3/c1-2-10-29-19(15-6-8-17(9-7-15)30(32)33)25-27-21(29)34-13-18(31)24-20-26-28-22(36-20)35-12-14-4-3-5-16(23)11-14/h2-9,11H,1,10,12-13H2,(H,24,26,31). The van der Waals surface area contributed by atoms with E-state index in [1.807, 2.05) is 24.3 Å². The minimum atomic E-state index is -0.458. The lowest BCUT2D eigenvalue weighted by atomic mass is 10.2. The summed E-state index contributed by atoms with van der Waals surface area (Å²) in [7, 11) is 0. The number of hydrogen-bond donors (Lipinski definition) is 1. The van der Waals surface area contributed by atoms with Crippen LogP contribution in [0, 0.1) is 10.1 Å². The van der Waals surface area contributed by atoms with E-state index in [4.69, 9.17) is 0 Å². The summed E-state index contributed by atoms with van der Waals surface area (Å²) < 4.78 is 3.58. The first-order valence-corrected chi connectivity index (χ1v) is 13.9. The molecule has 0 aliphatic carbocycles. The fraction of sp³-hybridized carbons (Fsp3) is 0.136. The number of anilines is 1. The van der Waals surface area contributed by atoms with Gasteiger partial charge in [0.15, 0.2) is 15.3 Å². The minimum absolute atomic E-state index is 0.00817. The van der Waals surface area contributed by atoms with Crippen LogP contribution in [0.1, 0.15) is 5.56 Å². The number of aromatic nitrogens is 5. The predicted molar refractivity (Wildman–Crippen MR) is 145 cm³/mol. The quantitative estimate of drug-likeness (QED) is 0.0756. The number of carbonyl (C=O) groups excluding carboxylic acids is 1. The Morgan fingerprint density at radius 3 is 2.69 bits per heavy atom. The van der Waals surface area contributed by atoms with Gasteiger partial charge in [0, 0.05) is 34.5 Å².